The molecule has 2 aromatic carbocycles. The molecule has 3 aromatic rings. The van der Waals surface area contributed by atoms with Gasteiger partial charge in [-0.2, -0.15) is 11.3 Å². The summed E-state index contributed by atoms with van der Waals surface area (Å²) in [4.78, 5) is 37.3. The first-order valence-electron chi connectivity index (χ1n) is 15.7. The van der Waals surface area contributed by atoms with Crippen LogP contribution in [-0.4, -0.2) is 59.3 Å². The number of carbonyl (C=O) groups excluding carboxylic acids is 1. The smallest absolute Gasteiger partial charge is 0.303 e. The molecule has 2 N–H and O–H groups in total. The Morgan fingerprint density at radius 3 is 2.30 bits per heavy atom. The van der Waals surface area contributed by atoms with Gasteiger partial charge in [0.25, 0.3) is 5.91 Å². The molecule has 0 radical (unpaired) electrons. The summed E-state index contributed by atoms with van der Waals surface area (Å²) < 4.78 is 12.0. The molecule has 0 atom stereocenters. The number of amides is 1. The van der Waals surface area contributed by atoms with Crippen molar-refractivity contribution in [2.45, 2.75) is 77.0 Å². The number of carbonyl (C=O) groups is 3. The van der Waals surface area contributed by atoms with E-state index >= 15 is 0 Å². The van der Waals surface area contributed by atoms with Crippen LogP contribution in [0.1, 0.15) is 85.7 Å². The number of thiophene rings is 1. The van der Waals surface area contributed by atoms with Crippen molar-refractivity contribution in [3.8, 4) is 22.6 Å². The molecule has 0 aliphatic carbocycles. The summed E-state index contributed by atoms with van der Waals surface area (Å²) >= 11 is 1.63. The summed E-state index contributed by atoms with van der Waals surface area (Å²) in [5.41, 5.74) is 4.74. The van der Waals surface area contributed by atoms with Crippen molar-refractivity contribution in [1.82, 2.24) is 4.90 Å². The largest absolute Gasteiger partial charge is 0.494 e. The number of piperidine rings is 1. The molecule has 0 spiro atoms. The molecule has 1 saturated heterocycles. The SMILES string of the molecule is O=C(O)CCCOc1cccc(CCCCCCOc2cc(C(=O)N3CCCCC3)cc(-c3ccsc3)c2)c1CCC(=O)O. The van der Waals surface area contributed by atoms with E-state index in [2.05, 4.69) is 11.4 Å². The minimum Gasteiger partial charge on any atom is -0.494 e. The van der Waals surface area contributed by atoms with Gasteiger partial charge in [-0.15, -0.1) is 0 Å². The van der Waals surface area contributed by atoms with E-state index in [-0.39, 0.29) is 25.4 Å². The average Bonchev–Trinajstić information content (AvgIpc) is 3.57. The summed E-state index contributed by atoms with van der Waals surface area (Å²) in [6.45, 7) is 2.46. The highest BCUT2D eigenvalue weighted by Gasteiger charge is 2.20. The van der Waals surface area contributed by atoms with E-state index in [0.29, 0.717) is 30.8 Å². The van der Waals surface area contributed by atoms with Crippen molar-refractivity contribution < 1.29 is 34.1 Å². The van der Waals surface area contributed by atoms with Crippen LogP contribution in [0.25, 0.3) is 11.1 Å². The molecule has 1 aliphatic heterocycles. The van der Waals surface area contributed by atoms with Gasteiger partial charge in [0.2, 0.25) is 0 Å². The number of ether oxygens (including phenoxy) is 2. The van der Waals surface area contributed by atoms with Gasteiger partial charge < -0.3 is 24.6 Å². The molecule has 0 bridgehead atoms. The molecule has 0 unspecified atom stereocenters. The fourth-order valence-electron chi connectivity index (χ4n) is 5.54. The van der Waals surface area contributed by atoms with E-state index in [0.717, 1.165) is 86.0 Å². The first kappa shape index (κ1) is 33.1. The molecule has 2 heterocycles. The Morgan fingerprint density at radius 1 is 0.773 bits per heavy atom. The number of aryl methyl sites for hydroxylation is 1. The quantitative estimate of drug-likeness (QED) is 0.142. The van der Waals surface area contributed by atoms with Gasteiger partial charge in [0.15, 0.2) is 0 Å². The van der Waals surface area contributed by atoms with E-state index in [1.165, 1.54) is 6.42 Å². The zero-order valence-corrected chi connectivity index (χ0v) is 26.1. The van der Waals surface area contributed by atoms with E-state index in [1.807, 2.05) is 46.7 Å². The molecule has 9 heteroatoms. The molecule has 236 valence electrons. The maximum Gasteiger partial charge on any atom is 0.303 e. The molecule has 0 saturated carbocycles. The Bertz CT molecular complexity index is 1370. The maximum atomic E-state index is 13.3. The zero-order chi connectivity index (χ0) is 31.1. The van der Waals surface area contributed by atoms with E-state index < -0.39 is 11.9 Å². The number of carboxylic acid groups (broad SMARTS) is 2. The fourth-order valence-corrected chi connectivity index (χ4v) is 6.21. The second kappa shape index (κ2) is 17.4. The third-order valence-corrected chi connectivity index (χ3v) is 8.56. The molecule has 1 fully saturated rings. The molecular formula is C35H43NO7S. The Hall–Kier alpha value is -3.85. The third-order valence-electron chi connectivity index (χ3n) is 7.87. The van der Waals surface area contributed by atoms with Crippen molar-refractivity contribution in [3.05, 3.63) is 69.9 Å². The van der Waals surface area contributed by atoms with Crippen LogP contribution in [-0.2, 0) is 22.4 Å². The van der Waals surface area contributed by atoms with Crippen LogP contribution in [0.2, 0.25) is 0 Å². The lowest BCUT2D eigenvalue weighted by atomic mass is 9.97. The zero-order valence-electron chi connectivity index (χ0n) is 25.3. The first-order valence-corrected chi connectivity index (χ1v) is 16.6. The predicted molar refractivity (Wildman–Crippen MR) is 172 cm³/mol. The fraction of sp³-hybridized carbons (Fsp3) is 0.457. The number of unbranched alkanes of at least 4 members (excludes halogenated alkanes) is 3. The normalized spacial score (nSPS) is 13.0. The lowest BCUT2D eigenvalue weighted by Gasteiger charge is -2.27. The number of rotatable bonds is 18. The number of likely N-dealkylation sites (tertiary alicyclic amines) is 1. The lowest BCUT2D eigenvalue weighted by Crippen LogP contribution is -2.35. The first-order chi connectivity index (χ1) is 21.4. The van der Waals surface area contributed by atoms with Gasteiger partial charge in [0.05, 0.1) is 13.2 Å². The Labute approximate surface area is 263 Å². The highest BCUT2D eigenvalue weighted by Crippen LogP contribution is 2.30. The highest BCUT2D eigenvalue weighted by molar-refractivity contribution is 7.08. The van der Waals surface area contributed by atoms with Crippen LogP contribution in [0.5, 0.6) is 11.5 Å². The topological polar surface area (TPSA) is 113 Å². The van der Waals surface area contributed by atoms with Crippen LogP contribution < -0.4 is 9.47 Å². The second-order valence-electron chi connectivity index (χ2n) is 11.3. The van der Waals surface area contributed by atoms with E-state index in [1.54, 1.807) is 11.3 Å². The van der Waals surface area contributed by atoms with Crippen LogP contribution in [0, 0.1) is 0 Å². The molecular weight excluding hydrogens is 578 g/mol. The molecule has 1 aliphatic rings. The number of carboxylic acids is 2. The van der Waals surface area contributed by atoms with Crippen LogP contribution in [0.3, 0.4) is 0 Å². The summed E-state index contributed by atoms with van der Waals surface area (Å²) in [6.07, 6.45) is 8.73. The summed E-state index contributed by atoms with van der Waals surface area (Å²) in [6, 6.07) is 13.7. The standard InChI is InChI=1S/C35H43NO7S/c37-33(38)13-9-20-43-32-12-8-11-26(31(32)14-15-34(39)40)10-4-1-2-7-19-42-30-23-28(27-16-21-44-25-27)22-29(24-30)35(41)36-17-5-3-6-18-36/h8,11-12,16,21-25H,1-7,9-10,13-15,17-20H2,(H,37,38)(H,39,40). The Balaban J connectivity index is 1.28. The number of hydrogen-bond donors (Lipinski definition) is 2. The van der Waals surface area contributed by atoms with Gasteiger partial charge in [-0.1, -0.05) is 25.0 Å². The summed E-state index contributed by atoms with van der Waals surface area (Å²) in [5.74, 6) is -0.286. The van der Waals surface area contributed by atoms with Gasteiger partial charge in [0, 0.05) is 31.5 Å². The molecule has 1 aromatic heterocycles. The van der Waals surface area contributed by atoms with Gasteiger partial charge in [-0.3, -0.25) is 14.4 Å². The number of nitrogens with zero attached hydrogens (tertiary/aromatic N) is 1. The minimum absolute atomic E-state index is 0.0127. The van der Waals surface area contributed by atoms with Crippen LogP contribution >= 0.6 is 11.3 Å². The molecule has 1 amide bonds. The maximum absolute atomic E-state index is 13.3. The third kappa shape index (κ3) is 10.4. The minimum atomic E-state index is -0.863. The van der Waals surface area contributed by atoms with Crippen molar-refractivity contribution >= 4 is 29.2 Å². The van der Waals surface area contributed by atoms with Crippen molar-refractivity contribution in [2.24, 2.45) is 0 Å². The Kier molecular flexibility index (Phi) is 13.1. The van der Waals surface area contributed by atoms with Gasteiger partial charge >= 0.3 is 11.9 Å². The Morgan fingerprint density at radius 2 is 1.55 bits per heavy atom. The van der Waals surface area contributed by atoms with Gasteiger partial charge in [-0.05, 0) is 115 Å². The van der Waals surface area contributed by atoms with Crippen LogP contribution in [0.4, 0.5) is 0 Å². The molecule has 44 heavy (non-hydrogen) atoms. The summed E-state index contributed by atoms with van der Waals surface area (Å²) in [5, 5.41) is 22.2. The van der Waals surface area contributed by atoms with E-state index in [4.69, 9.17) is 14.6 Å². The number of aliphatic carboxylic acids is 2. The van der Waals surface area contributed by atoms with Crippen molar-refractivity contribution in [1.29, 1.82) is 0 Å². The number of benzene rings is 2. The van der Waals surface area contributed by atoms with Gasteiger partial charge in [-0.25, -0.2) is 0 Å². The highest BCUT2D eigenvalue weighted by atomic mass is 32.1. The predicted octanol–water partition coefficient (Wildman–Crippen LogP) is 7.48. The summed E-state index contributed by atoms with van der Waals surface area (Å²) in [7, 11) is 0. The monoisotopic (exact) mass is 621 g/mol. The number of hydrogen-bond acceptors (Lipinski definition) is 6. The van der Waals surface area contributed by atoms with Crippen LogP contribution in [0.15, 0.2) is 53.2 Å². The van der Waals surface area contributed by atoms with Gasteiger partial charge in [0.1, 0.15) is 11.5 Å². The van der Waals surface area contributed by atoms with Crippen molar-refractivity contribution in [2.75, 3.05) is 26.3 Å². The molecule has 4 rings (SSSR count). The second-order valence-corrected chi connectivity index (χ2v) is 12.0. The lowest BCUT2D eigenvalue weighted by molar-refractivity contribution is -0.138. The molecule has 8 nitrogen and oxygen atoms in total. The van der Waals surface area contributed by atoms with E-state index in [9.17, 15) is 19.5 Å². The van der Waals surface area contributed by atoms with Crippen molar-refractivity contribution in [3.63, 3.8) is 0 Å². The average molecular weight is 622 g/mol.